The van der Waals surface area contributed by atoms with Crippen LogP contribution in [0.2, 0.25) is 0 Å². The van der Waals surface area contributed by atoms with E-state index in [0.29, 0.717) is 5.56 Å². The molecule has 1 aliphatic rings. The van der Waals surface area contributed by atoms with Gasteiger partial charge in [0.25, 0.3) is 0 Å². The highest BCUT2D eigenvalue weighted by Gasteiger charge is 2.31. The molecule has 0 radical (unpaired) electrons. The minimum Gasteiger partial charge on any atom is -0.479 e. The molecule has 0 aromatic heterocycles. The van der Waals surface area contributed by atoms with Gasteiger partial charge in [-0.1, -0.05) is 30.3 Å². The number of carbonyl (C=O) groups excluding carboxylic acids is 2. The molecule has 1 saturated heterocycles. The largest absolute Gasteiger partial charge is 0.479 e. The maximum absolute atomic E-state index is 11.9. The standard InChI is InChI=1S/C13H14N2O4/c16-10-6-9(7-14-10)12(17)15-11(13(18)19)8-4-2-1-3-5-8/h1-5,9,11H,6-7H2,(H,14,16)(H,15,17)(H,18,19)/t9-,11+/m1/s1. The molecule has 0 spiro atoms. The fraction of sp³-hybridized carbons (Fsp3) is 0.308. The third kappa shape index (κ3) is 3.09. The Hall–Kier alpha value is -2.37. The molecule has 6 heteroatoms. The van der Waals surface area contributed by atoms with E-state index in [0.717, 1.165) is 0 Å². The minimum absolute atomic E-state index is 0.104. The van der Waals surface area contributed by atoms with Crippen molar-refractivity contribution in [3.8, 4) is 0 Å². The molecule has 0 bridgehead atoms. The number of benzene rings is 1. The molecule has 1 fully saturated rings. The van der Waals surface area contributed by atoms with Gasteiger partial charge in [-0.15, -0.1) is 0 Å². The molecule has 0 unspecified atom stereocenters. The zero-order valence-electron chi connectivity index (χ0n) is 10.1. The Labute approximate surface area is 109 Å². The molecular formula is C13H14N2O4. The maximum Gasteiger partial charge on any atom is 0.330 e. The monoisotopic (exact) mass is 262 g/mol. The summed E-state index contributed by atoms with van der Waals surface area (Å²) in [5.74, 6) is -2.24. The number of rotatable bonds is 4. The van der Waals surface area contributed by atoms with Crippen molar-refractivity contribution in [2.24, 2.45) is 5.92 Å². The van der Waals surface area contributed by atoms with E-state index in [4.69, 9.17) is 0 Å². The molecule has 1 heterocycles. The number of carboxylic acid groups (broad SMARTS) is 1. The number of hydrogen-bond acceptors (Lipinski definition) is 3. The molecule has 0 aliphatic carbocycles. The Bertz CT molecular complexity index is 501. The van der Waals surface area contributed by atoms with Gasteiger partial charge < -0.3 is 15.7 Å². The summed E-state index contributed by atoms with van der Waals surface area (Å²) >= 11 is 0. The number of aliphatic carboxylic acids is 1. The van der Waals surface area contributed by atoms with Gasteiger partial charge >= 0.3 is 5.97 Å². The zero-order chi connectivity index (χ0) is 13.8. The fourth-order valence-electron chi connectivity index (χ4n) is 1.98. The topological polar surface area (TPSA) is 95.5 Å². The molecule has 1 aliphatic heterocycles. The first kappa shape index (κ1) is 13.1. The molecule has 3 N–H and O–H groups in total. The van der Waals surface area contributed by atoms with Gasteiger partial charge in [0.2, 0.25) is 11.8 Å². The van der Waals surface area contributed by atoms with Gasteiger partial charge in [-0.05, 0) is 5.56 Å². The Morgan fingerprint density at radius 3 is 2.53 bits per heavy atom. The van der Waals surface area contributed by atoms with Crippen LogP contribution in [0.4, 0.5) is 0 Å². The van der Waals surface area contributed by atoms with E-state index in [9.17, 15) is 19.5 Å². The molecule has 2 atom stereocenters. The van der Waals surface area contributed by atoms with Crippen LogP contribution >= 0.6 is 0 Å². The fourth-order valence-corrected chi connectivity index (χ4v) is 1.98. The van der Waals surface area contributed by atoms with Crippen LogP contribution in [0.5, 0.6) is 0 Å². The maximum atomic E-state index is 11.9. The summed E-state index contributed by atoms with van der Waals surface area (Å²) in [7, 11) is 0. The number of hydrogen-bond donors (Lipinski definition) is 3. The summed E-state index contributed by atoms with van der Waals surface area (Å²) in [6, 6.07) is 7.36. The Morgan fingerprint density at radius 2 is 2.00 bits per heavy atom. The van der Waals surface area contributed by atoms with Crippen molar-refractivity contribution in [2.75, 3.05) is 6.54 Å². The second kappa shape index (κ2) is 5.51. The lowest BCUT2D eigenvalue weighted by Gasteiger charge is -2.16. The molecule has 6 nitrogen and oxygen atoms in total. The smallest absolute Gasteiger partial charge is 0.330 e. The quantitative estimate of drug-likeness (QED) is 0.715. The van der Waals surface area contributed by atoms with Crippen molar-refractivity contribution in [2.45, 2.75) is 12.5 Å². The van der Waals surface area contributed by atoms with E-state index in [1.165, 1.54) is 0 Å². The normalized spacial score (nSPS) is 19.6. The molecule has 1 aromatic rings. The summed E-state index contributed by atoms with van der Waals surface area (Å²) in [6.45, 7) is 0.256. The van der Waals surface area contributed by atoms with Crippen LogP contribution in [-0.2, 0) is 14.4 Å². The van der Waals surface area contributed by atoms with Crippen LogP contribution in [0.15, 0.2) is 30.3 Å². The molecule has 100 valence electrons. The van der Waals surface area contributed by atoms with Crippen molar-refractivity contribution < 1.29 is 19.5 Å². The second-order valence-electron chi connectivity index (χ2n) is 4.40. The van der Waals surface area contributed by atoms with Crippen LogP contribution in [-0.4, -0.2) is 29.4 Å². The van der Waals surface area contributed by atoms with E-state index in [1.54, 1.807) is 30.3 Å². The first-order valence-electron chi connectivity index (χ1n) is 5.92. The Kier molecular flexibility index (Phi) is 3.79. The van der Waals surface area contributed by atoms with Crippen LogP contribution in [0.25, 0.3) is 0 Å². The minimum atomic E-state index is -1.13. The van der Waals surface area contributed by atoms with Crippen molar-refractivity contribution in [1.29, 1.82) is 0 Å². The molecule has 1 aromatic carbocycles. The average molecular weight is 262 g/mol. The van der Waals surface area contributed by atoms with Crippen LogP contribution in [0.3, 0.4) is 0 Å². The highest BCUT2D eigenvalue weighted by atomic mass is 16.4. The van der Waals surface area contributed by atoms with Crippen molar-refractivity contribution >= 4 is 17.8 Å². The molecule has 2 rings (SSSR count). The predicted octanol–water partition coefficient (Wildman–Crippen LogP) is 0.0646. The van der Waals surface area contributed by atoms with Gasteiger partial charge in [0, 0.05) is 13.0 Å². The molecule has 0 saturated carbocycles. The third-order valence-corrected chi connectivity index (χ3v) is 3.01. The van der Waals surface area contributed by atoms with Crippen molar-refractivity contribution in [1.82, 2.24) is 10.6 Å². The lowest BCUT2D eigenvalue weighted by Crippen LogP contribution is -2.38. The highest BCUT2D eigenvalue weighted by molar-refractivity contribution is 5.91. The zero-order valence-corrected chi connectivity index (χ0v) is 10.1. The molecule has 2 amide bonds. The first-order chi connectivity index (χ1) is 9.08. The summed E-state index contributed by atoms with van der Waals surface area (Å²) in [6.07, 6.45) is 0.104. The van der Waals surface area contributed by atoms with Crippen LogP contribution in [0, 0.1) is 5.92 Å². The summed E-state index contributed by atoms with van der Waals surface area (Å²) in [5.41, 5.74) is 0.501. The summed E-state index contributed by atoms with van der Waals surface area (Å²) in [5, 5.41) is 14.2. The van der Waals surface area contributed by atoms with E-state index in [1.807, 2.05) is 0 Å². The van der Waals surface area contributed by atoms with Gasteiger partial charge in [0.05, 0.1) is 5.92 Å². The Morgan fingerprint density at radius 1 is 1.32 bits per heavy atom. The van der Waals surface area contributed by atoms with E-state index in [-0.39, 0.29) is 18.9 Å². The van der Waals surface area contributed by atoms with Crippen molar-refractivity contribution in [3.63, 3.8) is 0 Å². The van der Waals surface area contributed by atoms with E-state index in [2.05, 4.69) is 10.6 Å². The number of nitrogens with one attached hydrogen (secondary N) is 2. The average Bonchev–Trinajstić information content (AvgIpc) is 2.83. The lowest BCUT2D eigenvalue weighted by molar-refractivity contribution is -0.142. The Balaban J connectivity index is 2.07. The van der Waals surface area contributed by atoms with Crippen molar-refractivity contribution in [3.05, 3.63) is 35.9 Å². The van der Waals surface area contributed by atoms with Gasteiger partial charge in [0.15, 0.2) is 6.04 Å². The number of carbonyl (C=O) groups is 3. The lowest BCUT2D eigenvalue weighted by atomic mass is 10.0. The second-order valence-corrected chi connectivity index (χ2v) is 4.40. The SMILES string of the molecule is O=C1C[C@@H](C(=O)N[C@H](C(=O)O)c2ccccc2)CN1. The molecule has 19 heavy (non-hydrogen) atoms. The summed E-state index contributed by atoms with van der Waals surface area (Å²) in [4.78, 5) is 34.2. The van der Waals surface area contributed by atoms with Crippen LogP contribution in [0.1, 0.15) is 18.0 Å². The number of amides is 2. The first-order valence-corrected chi connectivity index (χ1v) is 5.92. The predicted molar refractivity (Wildman–Crippen MR) is 66.1 cm³/mol. The van der Waals surface area contributed by atoms with Gasteiger partial charge in [-0.3, -0.25) is 9.59 Å². The number of carboxylic acids is 1. The van der Waals surface area contributed by atoms with Gasteiger partial charge in [-0.2, -0.15) is 0 Å². The third-order valence-electron chi connectivity index (χ3n) is 3.01. The van der Waals surface area contributed by atoms with E-state index < -0.39 is 23.8 Å². The van der Waals surface area contributed by atoms with E-state index >= 15 is 0 Å². The van der Waals surface area contributed by atoms with Gasteiger partial charge in [0.1, 0.15) is 0 Å². The van der Waals surface area contributed by atoms with Gasteiger partial charge in [-0.25, -0.2) is 4.79 Å². The molecular weight excluding hydrogens is 248 g/mol. The highest BCUT2D eigenvalue weighted by Crippen LogP contribution is 2.15. The van der Waals surface area contributed by atoms with Crippen LogP contribution < -0.4 is 10.6 Å². The summed E-state index contributed by atoms with van der Waals surface area (Å²) < 4.78 is 0.